The average Bonchev–Trinajstić information content (AvgIpc) is 2.67. The summed E-state index contributed by atoms with van der Waals surface area (Å²) < 4.78 is 0. The van der Waals surface area contributed by atoms with Crippen molar-refractivity contribution in [2.45, 2.75) is 19.2 Å². The zero-order chi connectivity index (χ0) is 20.7. The summed E-state index contributed by atoms with van der Waals surface area (Å²) in [5.41, 5.74) is 2.60. The predicted molar refractivity (Wildman–Crippen MR) is 118 cm³/mol. The highest BCUT2D eigenvalue weighted by atomic mass is 35.5. The highest BCUT2D eigenvalue weighted by Gasteiger charge is 2.14. The molecule has 0 saturated heterocycles. The van der Waals surface area contributed by atoms with Gasteiger partial charge in [-0.25, -0.2) is 0 Å². The third kappa shape index (κ3) is 6.43. The van der Waals surface area contributed by atoms with Crippen LogP contribution < -0.4 is 0 Å². The van der Waals surface area contributed by atoms with E-state index in [0.29, 0.717) is 40.2 Å². The topological polar surface area (TPSA) is 40.6 Å². The van der Waals surface area contributed by atoms with Crippen molar-refractivity contribution in [2.24, 2.45) is 0 Å². The summed E-state index contributed by atoms with van der Waals surface area (Å²) in [6.45, 7) is 3.11. The highest BCUT2D eigenvalue weighted by molar-refractivity contribution is 7.99. The van der Waals surface area contributed by atoms with Crippen molar-refractivity contribution in [3.8, 4) is 0 Å². The zero-order valence-electron chi connectivity index (χ0n) is 16.2. The van der Waals surface area contributed by atoms with Crippen LogP contribution in [-0.4, -0.2) is 48.0 Å². The third-order valence-electron chi connectivity index (χ3n) is 4.21. The van der Waals surface area contributed by atoms with E-state index in [1.807, 2.05) is 25.1 Å². The minimum atomic E-state index is -0.0350. The second-order valence-corrected chi connectivity index (χ2v) is 8.36. The molecule has 0 radical (unpaired) electrons. The first-order chi connectivity index (χ1) is 13.3. The minimum Gasteiger partial charge on any atom is -0.345 e. The Morgan fingerprint density at radius 1 is 1.04 bits per heavy atom. The van der Waals surface area contributed by atoms with Gasteiger partial charge in [-0.3, -0.25) is 9.59 Å². The predicted octanol–water partition coefficient (Wildman–Crippen LogP) is 4.98. The molecule has 0 aliphatic heterocycles. The number of rotatable bonds is 8. The maximum atomic E-state index is 12.6. The highest BCUT2D eigenvalue weighted by Crippen LogP contribution is 2.25. The molecule has 2 aromatic rings. The lowest BCUT2D eigenvalue weighted by Crippen LogP contribution is -2.31. The Labute approximate surface area is 180 Å². The van der Waals surface area contributed by atoms with Crippen molar-refractivity contribution in [3.63, 3.8) is 0 Å². The fourth-order valence-corrected chi connectivity index (χ4v) is 4.07. The summed E-state index contributed by atoms with van der Waals surface area (Å²) in [4.78, 5) is 27.9. The largest absolute Gasteiger partial charge is 0.345 e. The number of benzene rings is 2. The Bertz CT molecular complexity index is 826. The summed E-state index contributed by atoms with van der Waals surface area (Å²) in [6, 6.07) is 12.8. The van der Waals surface area contributed by atoms with Crippen LogP contribution in [0.5, 0.6) is 0 Å². The van der Waals surface area contributed by atoms with E-state index < -0.39 is 0 Å². The molecule has 4 nitrogen and oxygen atoms in total. The van der Waals surface area contributed by atoms with E-state index in [-0.39, 0.29) is 11.8 Å². The summed E-state index contributed by atoms with van der Waals surface area (Å²) in [6.07, 6.45) is 0. The van der Waals surface area contributed by atoms with Gasteiger partial charge in [-0.15, -0.1) is 11.8 Å². The van der Waals surface area contributed by atoms with E-state index in [0.717, 1.165) is 11.1 Å². The monoisotopic (exact) mass is 438 g/mol. The molecule has 0 aliphatic carbocycles. The van der Waals surface area contributed by atoms with E-state index in [4.69, 9.17) is 23.2 Å². The van der Waals surface area contributed by atoms with E-state index >= 15 is 0 Å². The molecule has 2 amide bonds. The molecular weight excluding hydrogens is 415 g/mol. The van der Waals surface area contributed by atoms with E-state index in [9.17, 15) is 9.59 Å². The molecule has 150 valence electrons. The van der Waals surface area contributed by atoms with Gasteiger partial charge in [-0.1, -0.05) is 41.4 Å². The van der Waals surface area contributed by atoms with Crippen LogP contribution in [0.25, 0.3) is 0 Å². The maximum absolute atomic E-state index is 12.6. The van der Waals surface area contributed by atoms with Gasteiger partial charge in [0.2, 0.25) is 5.91 Å². The van der Waals surface area contributed by atoms with Crippen LogP contribution in [0, 0.1) is 0 Å². The average molecular weight is 439 g/mol. The smallest absolute Gasteiger partial charge is 0.253 e. The number of halogens is 2. The Hall–Kier alpha value is -1.69. The van der Waals surface area contributed by atoms with Crippen molar-refractivity contribution >= 4 is 46.8 Å². The standard InChI is InChI=1S/C21H24Cl2N2O2S/c1-4-25(12-15-5-7-16(8-6-15)21(27)24(2)3)20(26)14-28-13-17-9-10-18(22)11-19(17)23/h5-11H,4,12-14H2,1-3H3. The van der Waals surface area contributed by atoms with Gasteiger partial charge in [-0.05, 0) is 42.3 Å². The maximum Gasteiger partial charge on any atom is 0.253 e. The minimum absolute atomic E-state index is 0.0350. The van der Waals surface area contributed by atoms with Gasteiger partial charge >= 0.3 is 0 Å². The molecular formula is C21H24Cl2N2O2S. The molecule has 0 fully saturated rings. The normalized spacial score (nSPS) is 10.6. The quantitative estimate of drug-likeness (QED) is 0.583. The number of carbonyl (C=O) groups is 2. The van der Waals surface area contributed by atoms with Crippen molar-refractivity contribution in [1.82, 2.24) is 9.80 Å². The van der Waals surface area contributed by atoms with Crippen LogP contribution in [0.4, 0.5) is 0 Å². The number of carbonyl (C=O) groups excluding carboxylic acids is 2. The molecule has 0 saturated carbocycles. The molecule has 0 aliphatic rings. The second kappa shape index (κ2) is 10.7. The number of hydrogen-bond acceptors (Lipinski definition) is 3. The molecule has 28 heavy (non-hydrogen) atoms. The van der Waals surface area contributed by atoms with Gasteiger partial charge in [-0.2, -0.15) is 0 Å². The van der Waals surface area contributed by atoms with E-state index in [2.05, 4.69) is 0 Å². The molecule has 2 rings (SSSR count). The Kier molecular flexibility index (Phi) is 8.67. The molecule has 0 bridgehead atoms. The second-order valence-electron chi connectivity index (χ2n) is 6.53. The summed E-state index contributed by atoms with van der Waals surface area (Å²) in [5, 5.41) is 1.22. The molecule has 0 N–H and O–H groups in total. The Morgan fingerprint density at radius 3 is 2.29 bits per heavy atom. The van der Waals surface area contributed by atoms with Gasteiger partial charge in [0.05, 0.1) is 5.75 Å². The lowest BCUT2D eigenvalue weighted by Gasteiger charge is -2.21. The zero-order valence-corrected chi connectivity index (χ0v) is 18.6. The van der Waals surface area contributed by atoms with E-state index in [1.54, 1.807) is 48.2 Å². The third-order valence-corrected chi connectivity index (χ3v) is 5.77. The van der Waals surface area contributed by atoms with Gasteiger partial charge in [0.15, 0.2) is 0 Å². The van der Waals surface area contributed by atoms with Gasteiger partial charge in [0.1, 0.15) is 0 Å². The van der Waals surface area contributed by atoms with Crippen LogP contribution in [-0.2, 0) is 17.1 Å². The summed E-state index contributed by atoms with van der Waals surface area (Å²) in [7, 11) is 3.45. The summed E-state index contributed by atoms with van der Waals surface area (Å²) in [5.74, 6) is 1.07. The molecule has 0 atom stereocenters. The van der Waals surface area contributed by atoms with Crippen molar-refractivity contribution in [3.05, 3.63) is 69.2 Å². The van der Waals surface area contributed by atoms with Crippen molar-refractivity contribution in [1.29, 1.82) is 0 Å². The van der Waals surface area contributed by atoms with Gasteiger partial charge in [0, 0.05) is 48.5 Å². The van der Waals surface area contributed by atoms with Gasteiger partial charge in [0.25, 0.3) is 5.91 Å². The molecule has 0 spiro atoms. The lowest BCUT2D eigenvalue weighted by molar-refractivity contribution is -0.128. The number of hydrogen-bond donors (Lipinski definition) is 0. The lowest BCUT2D eigenvalue weighted by atomic mass is 10.1. The molecule has 0 heterocycles. The molecule has 7 heteroatoms. The number of nitrogens with zero attached hydrogens (tertiary/aromatic N) is 2. The Morgan fingerprint density at radius 2 is 1.71 bits per heavy atom. The van der Waals surface area contributed by atoms with Crippen LogP contribution in [0.15, 0.2) is 42.5 Å². The summed E-state index contributed by atoms with van der Waals surface area (Å²) >= 11 is 13.6. The van der Waals surface area contributed by atoms with Crippen molar-refractivity contribution < 1.29 is 9.59 Å². The molecule has 2 aromatic carbocycles. The van der Waals surface area contributed by atoms with E-state index in [1.165, 1.54) is 11.8 Å². The fraction of sp³-hybridized carbons (Fsp3) is 0.333. The Balaban J connectivity index is 1.89. The SMILES string of the molecule is CCN(Cc1ccc(C(=O)N(C)C)cc1)C(=O)CSCc1ccc(Cl)cc1Cl. The molecule has 0 unspecified atom stereocenters. The molecule has 0 aromatic heterocycles. The van der Waals surface area contributed by atoms with Crippen LogP contribution in [0.3, 0.4) is 0 Å². The first-order valence-corrected chi connectivity index (χ1v) is 10.8. The first-order valence-electron chi connectivity index (χ1n) is 8.91. The number of thioether (sulfide) groups is 1. The van der Waals surface area contributed by atoms with Crippen LogP contribution in [0.1, 0.15) is 28.4 Å². The first kappa shape index (κ1) is 22.6. The van der Waals surface area contributed by atoms with Crippen molar-refractivity contribution in [2.75, 3.05) is 26.4 Å². The van der Waals surface area contributed by atoms with Gasteiger partial charge < -0.3 is 9.80 Å². The van der Waals surface area contributed by atoms with Crippen LogP contribution in [0.2, 0.25) is 10.0 Å². The van der Waals surface area contributed by atoms with Crippen LogP contribution >= 0.6 is 35.0 Å². The fourth-order valence-electron chi connectivity index (χ4n) is 2.59. The number of amides is 2.